The number of carbonyl (C=O) groups is 2. The molecule has 1 aromatic heterocycles. The summed E-state index contributed by atoms with van der Waals surface area (Å²) in [4.78, 5) is 28.3. The van der Waals surface area contributed by atoms with Crippen LogP contribution in [0, 0.1) is 0 Å². The van der Waals surface area contributed by atoms with Crippen LogP contribution in [0.5, 0.6) is 0 Å². The standard InChI is InChI=1S/C22H20BrFN4O2/c23-18-7-1-15(2-8-18)14-28(24)21(29)13-20(25)16-3-5-17(6-4-16)22(30)27-19-9-11-26-12-10-19/h1-12,20H,13-14,25H2,(H,26,27,30). The molecule has 30 heavy (non-hydrogen) atoms. The third kappa shape index (κ3) is 5.95. The summed E-state index contributed by atoms with van der Waals surface area (Å²) >= 11 is 3.31. The first-order valence-electron chi connectivity index (χ1n) is 9.20. The van der Waals surface area contributed by atoms with Crippen molar-refractivity contribution >= 4 is 33.4 Å². The number of anilines is 1. The number of rotatable bonds is 7. The molecule has 0 radical (unpaired) electrons. The van der Waals surface area contributed by atoms with Crippen LogP contribution in [-0.2, 0) is 11.3 Å². The molecule has 0 aliphatic heterocycles. The molecule has 6 nitrogen and oxygen atoms in total. The minimum Gasteiger partial charge on any atom is -0.324 e. The van der Waals surface area contributed by atoms with Crippen LogP contribution in [0.2, 0.25) is 0 Å². The molecule has 3 N–H and O–H groups in total. The van der Waals surface area contributed by atoms with Crippen LogP contribution in [0.25, 0.3) is 0 Å². The van der Waals surface area contributed by atoms with Crippen LogP contribution in [0.3, 0.4) is 0 Å². The highest BCUT2D eigenvalue weighted by atomic mass is 79.9. The fraction of sp³-hybridized carbons (Fsp3) is 0.136. The van der Waals surface area contributed by atoms with Crippen LogP contribution >= 0.6 is 15.9 Å². The van der Waals surface area contributed by atoms with Gasteiger partial charge in [-0.3, -0.25) is 14.6 Å². The molecular formula is C22H20BrFN4O2. The molecule has 0 aliphatic rings. The van der Waals surface area contributed by atoms with Crippen LogP contribution < -0.4 is 11.1 Å². The van der Waals surface area contributed by atoms with Gasteiger partial charge < -0.3 is 11.1 Å². The van der Waals surface area contributed by atoms with Crippen molar-refractivity contribution < 1.29 is 14.1 Å². The number of nitrogens with two attached hydrogens (primary N) is 1. The highest BCUT2D eigenvalue weighted by Crippen LogP contribution is 2.19. The first kappa shape index (κ1) is 21.6. The van der Waals surface area contributed by atoms with E-state index in [1.807, 2.05) is 0 Å². The second-order valence-corrected chi connectivity index (χ2v) is 7.58. The van der Waals surface area contributed by atoms with E-state index in [-0.39, 0.29) is 24.0 Å². The minimum absolute atomic E-state index is 0.146. The molecular weight excluding hydrogens is 451 g/mol. The zero-order chi connectivity index (χ0) is 21.5. The fourth-order valence-corrected chi connectivity index (χ4v) is 3.03. The Kier molecular flexibility index (Phi) is 7.26. The van der Waals surface area contributed by atoms with E-state index in [1.54, 1.807) is 73.1 Å². The number of hydrogen-bond acceptors (Lipinski definition) is 4. The van der Waals surface area contributed by atoms with Gasteiger partial charge in [0.1, 0.15) is 0 Å². The van der Waals surface area contributed by atoms with Gasteiger partial charge in [0.15, 0.2) is 0 Å². The van der Waals surface area contributed by atoms with Gasteiger partial charge in [-0.1, -0.05) is 44.7 Å². The van der Waals surface area contributed by atoms with E-state index in [1.165, 1.54) is 0 Å². The molecule has 1 unspecified atom stereocenters. The van der Waals surface area contributed by atoms with Crippen molar-refractivity contribution in [1.29, 1.82) is 0 Å². The number of halogens is 2. The number of amides is 2. The normalized spacial score (nSPS) is 11.6. The van der Waals surface area contributed by atoms with E-state index in [4.69, 9.17) is 5.73 Å². The summed E-state index contributed by atoms with van der Waals surface area (Å²) in [6.07, 6.45) is 2.98. The van der Waals surface area contributed by atoms with Crippen molar-refractivity contribution in [3.05, 3.63) is 94.2 Å². The molecule has 1 atom stereocenters. The van der Waals surface area contributed by atoms with Crippen molar-refractivity contribution in [3.63, 3.8) is 0 Å². The summed E-state index contributed by atoms with van der Waals surface area (Å²) in [6.45, 7) is -0.146. The quantitative estimate of drug-likeness (QED) is 0.500. The third-order valence-corrected chi connectivity index (χ3v) is 4.97. The number of carbonyl (C=O) groups excluding carboxylic acids is 2. The Morgan fingerprint density at radius 2 is 1.67 bits per heavy atom. The van der Waals surface area contributed by atoms with Crippen LogP contribution in [-0.4, -0.2) is 21.9 Å². The van der Waals surface area contributed by atoms with Gasteiger partial charge in [0.2, 0.25) is 0 Å². The van der Waals surface area contributed by atoms with E-state index in [2.05, 4.69) is 26.2 Å². The Labute approximate surface area is 182 Å². The van der Waals surface area contributed by atoms with Gasteiger partial charge in [0.05, 0.1) is 6.54 Å². The van der Waals surface area contributed by atoms with E-state index in [9.17, 15) is 14.1 Å². The molecule has 0 fully saturated rings. The first-order valence-corrected chi connectivity index (χ1v) is 9.99. The fourth-order valence-electron chi connectivity index (χ4n) is 2.76. The number of pyridine rings is 1. The summed E-state index contributed by atoms with van der Waals surface area (Å²) in [5, 5.41) is 2.92. The molecule has 0 bridgehead atoms. The Morgan fingerprint density at radius 1 is 1.03 bits per heavy atom. The van der Waals surface area contributed by atoms with E-state index in [0.717, 1.165) is 4.47 Å². The Bertz CT molecular complexity index is 998. The highest BCUT2D eigenvalue weighted by Gasteiger charge is 2.19. The van der Waals surface area contributed by atoms with Crippen LogP contribution in [0.4, 0.5) is 10.2 Å². The lowest BCUT2D eigenvalue weighted by Crippen LogP contribution is -2.26. The van der Waals surface area contributed by atoms with Crippen molar-refractivity contribution in [2.75, 3.05) is 5.32 Å². The van der Waals surface area contributed by atoms with E-state index >= 15 is 0 Å². The molecule has 3 rings (SSSR count). The molecule has 8 heteroatoms. The Balaban J connectivity index is 1.55. The molecule has 2 amide bonds. The molecule has 3 aromatic rings. The zero-order valence-electron chi connectivity index (χ0n) is 16.0. The monoisotopic (exact) mass is 470 g/mol. The maximum absolute atomic E-state index is 14.2. The number of aromatic nitrogens is 1. The summed E-state index contributed by atoms with van der Waals surface area (Å²) in [5.74, 6) is -0.980. The second kappa shape index (κ2) is 10.1. The number of nitrogens with zero attached hydrogens (tertiary/aromatic N) is 2. The summed E-state index contributed by atoms with van der Waals surface area (Å²) in [5.41, 5.74) is 8.46. The SMILES string of the molecule is NC(CC(=O)N(F)Cc1ccc(Br)cc1)c1ccc(C(=O)Nc2ccncc2)cc1. The van der Waals surface area contributed by atoms with Gasteiger partial charge in [-0.15, -0.1) is 0 Å². The highest BCUT2D eigenvalue weighted by molar-refractivity contribution is 9.10. The van der Waals surface area contributed by atoms with Gasteiger partial charge in [0.25, 0.3) is 11.8 Å². The predicted molar refractivity (Wildman–Crippen MR) is 116 cm³/mol. The summed E-state index contributed by atoms with van der Waals surface area (Å²) < 4.78 is 15.1. The van der Waals surface area contributed by atoms with E-state index < -0.39 is 11.9 Å². The predicted octanol–water partition coefficient (Wildman–Crippen LogP) is 4.40. The second-order valence-electron chi connectivity index (χ2n) is 6.66. The van der Waals surface area contributed by atoms with Gasteiger partial charge in [-0.05, 0) is 47.5 Å². The number of nitrogens with one attached hydrogen (secondary N) is 1. The molecule has 0 spiro atoms. The van der Waals surface area contributed by atoms with Crippen molar-refractivity contribution in [2.24, 2.45) is 5.73 Å². The van der Waals surface area contributed by atoms with Crippen LogP contribution in [0.15, 0.2) is 77.5 Å². The average Bonchev–Trinajstić information content (AvgIpc) is 2.76. The van der Waals surface area contributed by atoms with Crippen molar-refractivity contribution in [2.45, 2.75) is 19.0 Å². The maximum Gasteiger partial charge on any atom is 0.255 e. The van der Waals surface area contributed by atoms with Gasteiger partial charge in [-0.25, -0.2) is 0 Å². The Morgan fingerprint density at radius 3 is 2.30 bits per heavy atom. The smallest absolute Gasteiger partial charge is 0.255 e. The minimum atomic E-state index is -0.704. The molecule has 0 saturated carbocycles. The lowest BCUT2D eigenvalue weighted by Gasteiger charge is -2.16. The number of benzene rings is 2. The molecule has 1 heterocycles. The maximum atomic E-state index is 14.2. The third-order valence-electron chi connectivity index (χ3n) is 4.44. The summed E-state index contributed by atoms with van der Waals surface area (Å²) in [6, 6.07) is 16.3. The zero-order valence-corrected chi connectivity index (χ0v) is 17.5. The van der Waals surface area contributed by atoms with E-state index in [0.29, 0.717) is 22.4 Å². The lowest BCUT2D eigenvalue weighted by molar-refractivity contribution is -0.148. The first-order chi connectivity index (χ1) is 14.4. The summed E-state index contributed by atoms with van der Waals surface area (Å²) in [7, 11) is 0. The lowest BCUT2D eigenvalue weighted by atomic mass is 10.0. The van der Waals surface area contributed by atoms with Crippen molar-refractivity contribution in [1.82, 2.24) is 10.1 Å². The van der Waals surface area contributed by atoms with Gasteiger partial charge in [-0.2, -0.15) is 5.12 Å². The van der Waals surface area contributed by atoms with Crippen molar-refractivity contribution in [3.8, 4) is 0 Å². The average molecular weight is 471 g/mol. The topological polar surface area (TPSA) is 88.3 Å². The molecule has 2 aromatic carbocycles. The molecule has 0 aliphatic carbocycles. The Hall–Kier alpha value is -3.10. The van der Waals surface area contributed by atoms with Gasteiger partial charge >= 0.3 is 0 Å². The van der Waals surface area contributed by atoms with Crippen LogP contribution in [0.1, 0.15) is 33.9 Å². The largest absolute Gasteiger partial charge is 0.324 e. The molecule has 0 saturated heterocycles. The number of hydrogen-bond donors (Lipinski definition) is 2. The van der Waals surface area contributed by atoms with Gasteiger partial charge in [0, 0.05) is 40.6 Å². The molecule has 154 valence electrons.